The van der Waals surface area contributed by atoms with Crippen molar-refractivity contribution in [2.75, 3.05) is 11.9 Å². The van der Waals surface area contributed by atoms with Crippen molar-refractivity contribution in [3.63, 3.8) is 0 Å². The lowest BCUT2D eigenvalue weighted by molar-refractivity contribution is -0.116. The predicted molar refractivity (Wildman–Crippen MR) is 77.5 cm³/mol. The monoisotopic (exact) mass is 306 g/mol. The molecule has 2 rings (SSSR count). The maximum atomic E-state index is 13.2. The summed E-state index contributed by atoms with van der Waals surface area (Å²) in [6.45, 7) is 1.04. The van der Waals surface area contributed by atoms with Gasteiger partial charge in [-0.3, -0.25) is 4.79 Å². The number of anilines is 1. The molecule has 2 N–H and O–H groups in total. The molecule has 1 amide bonds. The van der Waals surface area contributed by atoms with Gasteiger partial charge in [0.05, 0.1) is 5.02 Å². The van der Waals surface area contributed by atoms with E-state index in [1.807, 2.05) is 0 Å². The van der Waals surface area contributed by atoms with Gasteiger partial charge >= 0.3 is 0 Å². The van der Waals surface area contributed by atoms with Crippen molar-refractivity contribution in [2.24, 2.45) is 0 Å². The molecule has 6 heteroatoms. The van der Waals surface area contributed by atoms with Crippen LogP contribution in [-0.2, 0) is 4.79 Å². The van der Waals surface area contributed by atoms with Gasteiger partial charge in [-0.2, -0.15) is 0 Å². The number of carbonyl (C=O) groups is 1. The zero-order valence-corrected chi connectivity index (χ0v) is 12.0. The summed E-state index contributed by atoms with van der Waals surface area (Å²) in [4.78, 5) is 11.7. The number of amides is 1. The van der Waals surface area contributed by atoms with E-state index in [2.05, 4.69) is 10.6 Å². The van der Waals surface area contributed by atoms with E-state index in [1.54, 1.807) is 6.07 Å². The number of rotatable bonds is 4. The van der Waals surface area contributed by atoms with Crippen LogP contribution in [0.15, 0.2) is 18.2 Å². The fourth-order valence-electron chi connectivity index (χ4n) is 2.11. The molecular weight excluding hydrogens is 290 g/mol. The molecule has 1 aromatic rings. The number of carbonyl (C=O) groups excluding carboxylic acids is 1. The Morgan fingerprint density at radius 1 is 1.53 bits per heavy atom. The third-order valence-electron chi connectivity index (χ3n) is 3.09. The van der Waals surface area contributed by atoms with E-state index in [0.29, 0.717) is 18.2 Å². The summed E-state index contributed by atoms with van der Waals surface area (Å²) in [5, 5.41) is 6.06. The van der Waals surface area contributed by atoms with Crippen LogP contribution in [0.1, 0.15) is 25.7 Å². The van der Waals surface area contributed by atoms with Crippen molar-refractivity contribution in [2.45, 2.75) is 31.7 Å². The highest BCUT2D eigenvalue weighted by Gasteiger charge is 2.15. The molecular formula is C13H17Cl2FN2O. The summed E-state index contributed by atoms with van der Waals surface area (Å²) < 4.78 is 13.2. The Labute approximate surface area is 123 Å². The molecule has 1 heterocycles. The highest BCUT2D eigenvalue weighted by Crippen LogP contribution is 2.19. The van der Waals surface area contributed by atoms with Gasteiger partial charge in [-0.05, 0) is 44.0 Å². The normalized spacial score (nSPS) is 17.9. The van der Waals surface area contributed by atoms with Crippen LogP contribution in [0.4, 0.5) is 10.1 Å². The molecule has 1 fully saturated rings. The molecule has 3 nitrogen and oxygen atoms in total. The second-order valence-corrected chi connectivity index (χ2v) is 4.92. The third kappa shape index (κ3) is 4.97. The van der Waals surface area contributed by atoms with E-state index in [0.717, 1.165) is 19.4 Å². The van der Waals surface area contributed by atoms with Crippen LogP contribution in [0.25, 0.3) is 0 Å². The first kappa shape index (κ1) is 16.2. The Kier molecular flexibility index (Phi) is 6.55. The van der Waals surface area contributed by atoms with Crippen molar-refractivity contribution < 1.29 is 9.18 Å². The standard InChI is InChI=1S/C13H16ClFN2O.ClH/c14-11-5-3-10(8-12(11)15)17-13(18)6-4-9-2-1-7-16-9;/h3,5,8-9,16H,1-2,4,6-7H2,(H,17,18);1H. The number of benzene rings is 1. The lowest BCUT2D eigenvalue weighted by Gasteiger charge is -2.10. The smallest absolute Gasteiger partial charge is 0.224 e. The van der Waals surface area contributed by atoms with Crippen LogP contribution >= 0.6 is 24.0 Å². The molecule has 0 spiro atoms. The average molecular weight is 307 g/mol. The van der Waals surface area contributed by atoms with Gasteiger partial charge in [0, 0.05) is 18.2 Å². The molecule has 1 aliphatic heterocycles. The first-order valence-corrected chi connectivity index (χ1v) is 6.51. The van der Waals surface area contributed by atoms with Crippen LogP contribution in [0.3, 0.4) is 0 Å². The second kappa shape index (κ2) is 7.68. The SMILES string of the molecule is Cl.O=C(CCC1CCCN1)Nc1ccc(Cl)c(F)c1. The van der Waals surface area contributed by atoms with E-state index >= 15 is 0 Å². The molecule has 1 atom stereocenters. The quantitative estimate of drug-likeness (QED) is 0.895. The summed E-state index contributed by atoms with van der Waals surface area (Å²) in [6.07, 6.45) is 3.57. The molecule has 0 radical (unpaired) electrons. The van der Waals surface area contributed by atoms with Gasteiger partial charge in [-0.25, -0.2) is 4.39 Å². The number of nitrogens with one attached hydrogen (secondary N) is 2. The molecule has 1 unspecified atom stereocenters. The molecule has 0 aromatic heterocycles. The zero-order valence-electron chi connectivity index (χ0n) is 10.4. The summed E-state index contributed by atoms with van der Waals surface area (Å²) in [5.74, 6) is -0.614. The molecule has 0 aliphatic carbocycles. The Morgan fingerprint density at radius 3 is 2.95 bits per heavy atom. The van der Waals surface area contributed by atoms with Crippen LogP contribution in [-0.4, -0.2) is 18.5 Å². The van der Waals surface area contributed by atoms with Crippen LogP contribution in [0.2, 0.25) is 5.02 Å². The molecule has 0 saturated carbocycles. The van der Waals surface area contributed by atoms with Gasteiger partial charge in [-0.15, -0.1) is 12.4 Å². The minimum absolute atomic E-state index is 0. The van der Waals surface area contributed by atoms with Crippen LogP contribution in [0.5, 0.6) is 0 Å². The Morgan fingerprint density at radius 2 is 2.32 bits per heavy atom. The van der Waals surface area contributed by atoms with Gasteiger partial charge in [0.1, 0.15) is 5.82 Å². The fourth-order valence-corrected chi connectivity index (χ4v) is 2.22. The minimum atomic E-state index is -0.521. The van der Waals surface area contributed by atoms with Gasteiger partial charge < -0.3 is 10.6 Å². The molecule has 19 heavy (non-hydrogen) atoms. The van der Waals surface area contributed by atoms with Crippen molar-refractivity contribution in [3.8, 4) is 0 Å². The summed E-state index contributed by atoms with van der Waals surface area (Å²) in [7, 11) is 0. The number of hydrogen-bond donors (Lipinski definition) is 2. The van der Waals surface area contributed by atoms with Gasteiger partial charge in [0.25, 0.3) is 0 Å². The van der Waals surface area contributed by atoms with E-state index in [4.69, 9.17) is 11.6 Å². The highest BCUT2D eigenvalue weighted by molar-refractivity contribution is 6.30. The molecule has 106 valence electrons. The van der Waals surface area contributed by atoms with Crippen molar-refractivity contribution in [1.82, 2.24) is 5.32 Å². The summed E-state index contributed by atoms with van der Waals surface area (Å²) >= 11 is 5.57. The lowest BCUT2D eigenvalue weighted by atomic mass is 10.1. The maximum Gasteiger partial charge on any atom is 0.224 e. The number of halogens is 3. The summed E-state index contributed by atoms with van der Waals surface area (Å²) in [6, 6.07) is 4.70. The minimum Gasteiger partial charge on any atom is -0.326 e. The van der Waals surface area contributed by atoms with Crippen LogP contribution < -0.4 is 10.6 Å². The molecule has 0 bridgehead atoms. The Bertz CT molecular complexity index is 437. The molecule has 1 aromatic carbocycles. The average Bonchev–Trinajstić information content (AvgIpc) is 2.84. The fraction of sp³-hybridized carbons (Fsp3) is 0.462. The molecule has 1 aliphatic rings. The second-order valence-electron chi connectivity index (χ2n) is 4.51. The van der Waals surface area contributed by atoms with Crippen molar-refractivity contribution in [3.05, 3.63) is 29.0 Å². The lowest BCUT2D eigenvalue weighted by Crippen LogP contribution is -2.23. The van der Waals surface area contributed by atoms with E-state index in [1.165, 1.54) is 18.6 Å². The first-order chi connectivity index (χ1) is 8.65. The third-order valence-corrected chi connectivity index (χ3v) is 3.39. The topological polar surface area (TPSA) is 41.1 Å². The zero-order chi connectivity index (χ0) is 13.0. The Hall–Kier alpha value is -0.840. The predicted octanol–water partition coefficient (Wildman–Crippen LogP) is 3.37. The first-order valence-electron chi connectivity index (χ1n) is 6.13. The largest absolute Gasteiger partial charge is 0.326 e. The highest BCUT2D eigenvalue weighted by atomic mass is 35.5. The van der Waals surface area contributed by atoms with E-state index in [9.17, 15) is 9.18 Å². The van der Waals surface area contributed by atoms with Crippen molar-refractivity contribution >= 4 is 35.6 Å². The van der Waals surface area contributed by atoms with Gasteiger partial charge in [0.15, 0.2) is 0 Å². The van der Waals surface area contributed by atoms with Gasteiger partial charge in [-0.1, -0.05) is 11.6 Å². The molecule has 1 saturated heterocycles. The Balaban J connectivity index is 0.00000180. The maximum absolute atomic E-state index is 13.2. The van der Waals surface area contributed by atoms with Crippen molar-refractivity contribution in [1.29, 1.82) is 0 Å². The van der Waals surface area contributed by atoms with Gasteiger partial charge in [0.2, 0.25) is 5.91 Å². The van der Waals surface area contributed by atoms with E-state index < -0.39 is 5.82 Å². The van der Waals surface area contributed by atoms with Crippen LogP contribution in [0, 0.1) is 5.82 Å². The number of hydrogen-bond acceptors (Lipinski definition) is 2. The summed E-state index contributed by atoms with van der Waals surface area (Å²) in [5.41, 5.74) is 0.446. The van der Waals surface area contributed by atoms with E-state index in [-0.39, 0.29) is 23.3 Å².